The van der Waals surface area contributed by atoms with Gasteiger partial charge in [0.15, 0.2) is 0 Å². The Morgan fingerprint density at radius 1 is 1.73 bits per heavy atom. The van der Waals surface area contributed by atoms with Crippen LogP contribution in [0.5, 0.6) is 0 Å². The zero-order valence-electron chi connectivity index (χ0n) is 7.22. The molecule has 0 aromatic carbocycles. The molecule has 0 bridgehead atoms. The molecule has 0 fully saturated rings. The number of hydrogen-bond acceptors (Lipinski definition) is 0. The zero-order chi connectivity index (χ0) is 8.10. The highest BCUT2D eigenvalue weighted by Crippen LogP contribution is 2.18. The van der Waals surface area contributed by atoms with E-state index in [9.17, 15) is 0 Å². The van der Waals surface area contributed by atoms with Gasteiger partial charge in [-0.3, -0.25) is 0 Å². The minimum Gasteiger partial charge on any atom is -0.103 e. The minimum absolute atomic E-state index is 0.738. The summed E-state index contributed by atoms with van der Waals surface area (Å²) < 4.78 is 0. The van der Waals surface area contributed by atoms with E-state index in [1.54, 1.807) is 0 Å². The van der Waals surface area contributed by atoms with E-state index in [-0.39, 0.29) is 0 Å². The van der Waals surface area contributed by atoms with Crippen molar-refractivity contribution in [3.63, 3.8) is 0 Å². The first-order valence-electron chi connectivity index (χ1n) is 4.31. The first kappa shape index (κ1) is 8.32. The molecule has 60 valence electrons. The quantitative estimate of drug-likeness (QED) is 0.537. The van der Waals surface area contributed by atoms with Crippen molar-refractivity contribution in [3.05, 3.63) is 36.5 Å². The number of hydrogen-bond donors (Lipinski definition) is 0. The van der Waals surface area contributed by atoms with Gasteiger partial charge in [-0.25, -0.2) is 0 Å². The molecule has 0 aromatic heterocycles. The molecule has 0 heterocycles. The molecule has 11 heavy (non-hydrogen) atoms. The molecular formula is C11H16. The van der Waals surface area contributed by atoms with E-state index in [1.165, 1.54) is 12.0 Å². The summed E-state index contributed by atoms with van der Waals surface area (Å²) in [4.78, 5) is 0. The van der Waals surface area contributed by atoms with Gasteiger partial charge in [-0.1, -0.05) is 36.8 Å². The maximum absolute atomic E-state index is 3.71. The Balaban J connectivity index is 2.37. The maximum Gasteiger partial charge on any atom is -0.0224 e. The lowest BCUT2D eigenvalue weighted by Crippen LogP contribution is -1.93. The van der Waals surface area contributed by atoms with Crippen LogP contribution in [0.15, 0.2) is 36.5 Å². The second kappa shape index (κ2) is 4.17. The van der Waals surface area contributed by atoms with Gasteiger partial charge in [-0.15, -0.1) is 6.58 Å². The smallest absolute Gasteiger partial charge is 0.0224 e. The monoisotopic (exact) mass is 148 g/mol. The summed E-state index contributed by atoms with van der Waals surface area (Å²) in [6, 6.07) is 0. The molecule has 1 atom stereocenters. The van der Waals surface area contributed by atoms with E-state index in [4.69, 9.17) is 0 Å². The Labute approximate surface area is 69.3 Å². The molecule has 0 N–H and O–H groups in total. The van der Waals surface area contributed by atoms with Crippen LogP contribution in [-0.4, -0.2) is 0 Å². The third-order valence-corrected chi connectivity index (χ3v) is 2.03. The van der Waals surface area contributed by atoms with Crippen molar-refractivity contribution < 1.29 is 0 Å². The normalized spacial score (nSPS) is 23.0. The van der Waals surface area contributed by atoms with Crippen LogP contribution in [0.25, 0.3) is 0 Å². The van der Waals surface area contributed by atoms with Crippen molar-refractivity contribution in [2.24, 2.45) is 5.92 Å². The standard InChI is InChI=1S/C11H16/c1-3-4-5-11-8-6-10(2)7-9-11/h3,6,8-10H,1,4-5,7H2,2H3. The van der Waals surface area contributed by atoms with E-state index >= 15 is 0 Å². The van der Waals surface area contributed by atoms with Gasteiger partial charge in [-0.05, 0) is 25.2 Å². The Morgan fingerprint density at radius 2 is 2.55 bits per heavy atom. The average molecular weight is 148 g/mol. The van der Waals surface area contributed by atoms with Crippen molar-refractivity contribution in [3.8, 4) is 0 Å². The number of rotatable bonds is 3. The van der Waals surface area contributed by atoms with Gasteiger partial charge in [0, 0.05) is 0 Å². The van der Waals surface area contributed by atoms with E-state index in [0.29, 0.717) is 0 Å². The predicted molar refractivity (Wildman–Crippen MR) is 50.4 cm³/mol. The van der Waals surface area contributed by atoms with Crippen LogP contribution in [0.2, 0.25) is 0 Å². The van der Waals surface area contributed by atoms with Crippen LogP contribution < -0.4 is 0 Å². The van der Waals surface area contributed by atoms with Crippen molar-refractivity contribution in [2.45, 2.75) is 26.2 Å². The lowest BCUT2D eigenvalue weighted by molar-refractivity contribution is 0.724. The maximum atomic E-state index is 3.71. The molecule has 1 aliphatic rings. The lowest BCUT2D eigenvalue weighted by Gasteiger charge is -2.10. The first-order chi connectivity index (χ1) is 5.33. The third-order valence-electron chi connectivity index (χ3n) is 2.03. The molecule has 0 aromatic rings. The fourth-order valence-corrected chi connectivity index (χ4v) is 1.23. The molecular weight excluding hydrogens is 132 g/mol. The second-order valence-electron chi connectivity index (χ2n) is 3.18. The van der Waals surface area contributed by atoms with Gasteiger partial charge in [0.05, 0.1) is 0 Å². The Hall–Kier alpha value is -0.780. The molecule has 0 heteroatoms. The van der Waals surface area contributed by atoms with Gasteiger partial charge in [0.1, 0.15) is 0 Å². The Bertz CT molecular complexity index is 184. The highest BCUT2D eigenvalue weighted by Gasteiger charge is 2.01. The topological polar surface area (TPSA) is 0 Å². The summed E-state index contributed by atoms with van der Waals surface area (Å²) in [5, 5.41) is 0. The molecule has 0 spiro atoms. The van der Waals surface area contributed by atoms with E-state index in [1.807, 2.05) is 6.08 Å². The van der Waals surface area contributed by atoms with Crippen molar-refractivity contribution in [2.75, 3.05) is 0 Å². The molecule has 0 aliphatic heterocycles. The highest BCUT2D eigenvalue weighted by molar-refractivity contribution is 5.23. The van der Waals surface area contributed by atoms with Crippen LogP contribution in [0.3, 0.4) is 0 Å². The van der Waals surface area contributed by atoms with E-state index in [2.05, 4.69) is 31.7 Å². The molecule has 0 saturated heterocycles. The predicted octanol–water partition coefficient (Wildman–Crippen LogP) is 3.48. The van der Waals surface area contributed by atoms with Crippen LogP contribution in [0.4, 0.5) is 0 Å². The van der Waals surface area contributed by atoms with Gasteiger partial charge in [-0.2, -0.15) is 0 Å². The fraction of sp³-hybridized carbons (Fsp3) is 0.455. The van der Waals surface area contributed by atoms with E-state index in [0.717, 1.165) is 18.8 Å². The lowest BCUT2D eigenvalue weighted by atomic mass is 9.96. The van der Waals surface area contributed by atoms with Gasteiger partial charge < -0.3 is 0 Å². The largest absolute Gasteiger partial charge is 0.103 e. The highest BCUT2D eigenvalue weighted by atomic mass is 14.1. The minimum atomic E-state index is 0.738. The molecule has 0 amide bonds. The molecule has 1 unspecified atom stereocenters. The summed E-state index contributed by atoms with van der Waals surface area (Å²) in [6.07, 6.45) is 12.3. The van der Waals surface area contributed by atoms with Crippen molar-refractivity contribution >= 4 is 0 Å². The Kier molecular flexibility index (Phi) is 3.15. The first-order valence-corrected chi connectivity index (χ1v) is 4.31. The average Bonchev–Trinajstić information content (AvgIpc) is 2.04. The van der Waals surface area contributed by atoms with Gasteiger partial charge >= 0.3 is 0 Å². The summed E-state index contributed by atoms with van der Waals surface area (Å²) in [5.74, 6) is 0.738. The fourth-order valence-electron chi connectivity index (χ4n) is 1.23. The summed E-state index contributed by atoms with van der Waals surface area (Å²) >= 11 is 0. The SMILES string of the molecule is C=CCCC1=CCC(C)C=C1. The zero-order valence-corrected chi connectivity index (χ0v) is 7.22. The van der Waals surface area contributed by atoms with Gasteiger partial charge in [0.2, 0.25) is 0 Å². The molecule has 1 rings (SSSR count). The van der Waals surface area contributed by atoms with Crippen LogP contribution in [-0.2, 0) is 0 Å². The molecule has 0 radical (unpaired) electrons. The third kappa shape index (κ3) is 2.75. The molecule has 0 saturated carbocycles. The van der Waals surface area contributed by atoms with E-state index < -0.39 is 0 Å². The van der Waals surface area contributed by atoms with Crippen LogP contribution in [0, 0.1) is 5.92 Å². The second-order valence-corrected chi connectivity index (χ2v) is 3.18. The van der Waals surface area contributed by atoms with Crippen molar-refractivity contribution in [1.82, 2.24) is 0 Å². The number of allylic oxidation sites excluding steroid dienone is 5. The van der Waals surface area contributed by atoms with Crippen molar-refractivity contribution in [1.29, 1.82) is 0 Å². The summed E-state index contributed by atoms with van der Waals surface area (Å²) in [5.41, 5.74) is 1.48. The van der Waals surface area contributed by atoms with Gasteiger partial charge in [0.25, 0.3) is 0 Å². The molecule has 1 aliphatic carbocycles. The summed E-state index contributed by atoms with van der Waals surface area (Å²) in [6.45, 7) is 5.96. The van der Waals surface area contributed by atoms with Crippen LogP contribution >= 0.6 is 0 Å². The molecule has 0 nitrogen and oxygen atoms in total. The van der Waals surface area contributed by atoms with Crippen LogP contribution in [0.1, 0.15) is 26.2 Å². The summed E-state index contributed by atoms with van der Waals surface area (Å²) in [7, 11) is 0. The Morgan fingerprint density at radius 3 is 3.09 bits per heavy atom.